The van der Waals surface area contributed by atoms with Crippen molar-refractivity contribution in [2.45, 2.75) is 19.6 Å². The zero-order chi connectivity index (χ0) is 29.0. The third-order valence-electron chi connectivity index (χ3n) is 6.84. The van der Waals surface area contributed by atoms with Crippen LogP contribution in [0.25, 0.3) is 11.0 Å². The lowest BCUT2D eigenvalue weighted by atomic mass is 10.0. The second-order valence-electron chi connectivity index (χ2n) is 9.56. The molecule has 0 saturated carbocycles. The number of hydrogen-bond donors (Lipinski definition) is 3. The van der Waals surface area contributed by atoms with Gasteiger partial charge in [0.25, 0.3) is 0 Å². The van der Waals surface area contributed by atoms with Crippen molar-refractivity contribution in [2.24, 2.45) is 0 Å². The van der Waals surface area contributed by atoms with Gasteiger partial charge >= 0.3 is 12.2 Å². The average Bonchev–Trinajstić information content (AvgIpc) is 3.43. The number of amides is 2. The van der Waals surface area contributed by atoms with Crippen molar-refractivity contribution in [3.8, 4) is 11.8 Å². The summed E-state index contributed by atoms with van der Waals surface area (Å²) in [5, 5.41) is 5.26. The maximum Gasteiger partial charge on any atom is 0.416 e. The van der Waals surface area contributed by atoms with Gasteiger partial charge in [0.1, 0.15) is 11.5 Å². The molecule has 1 aliphatic rings. The highest BCUT2D eigenvalue weighted by molar-refractivity contribution is 5.99. The van der Waals surface area contributed by atoms with Crippen LogP contribution in [0.5, 0.6) is 0 Å². The number of piperazine rings is 1. The van der Waals surface area contributed by atoms with Gasteiger partial charge in [-0.3, -0.25) is 10.2 Å². The highest BCUT2D eigenvalue weighted by Gasteiger charge is 2.34. The summed E-state index contributed by atoms with van der Waals surface area (Å²) in [6.07, 6.45) is -0.274. The summed E-state index contributed by atoms with van der Waals surface area (Å²) >= 11 is 0. The van der Waals surface area contributed by atoms with E-state index in [2.05, 4.69) is 49.3 Å². The van der Waals surface area contributed by atoms with E-state index in [0.717, 1.165) is 25.7 Å². The Kier molecular flexibility index (Phi) is 8.19. The number of urea groups is 1. The monoisotopic (exact) mass is 565 g/mol. The molecule has 0 unspecified atom stereocenters. The molecule has 1 aliphatic heterocycles. The fourth-order valence-corrected chi connectivity index (χ4v) is 4.62. The second-order valence-corrected chi connectivity index (χ2v) is 9.56. The molecule has 0 radical (unpaired) electrons. The lowest BCUT2D eigenvalue weighted by Crippen LogP contribution is -2.45. The van der Waals surface area contributed by atoms with Gasteiger partial charge in [-0.2, -0.15) is 13.2 Å². The predicted molar refractivity (Wildman–Crippen MR) is 148 cm³/mol. The molecule has 8 nitrogen and oxygen atoms in total. The lowest BCUT2D eigenvalue weighted by molar-refractivity contribution is -0.138. The Hall–Kier alpha value is -4.47. The summed E-state index contributed by atoms with van der Waals surface area (Å²) in [7, 11) is 0. The normalized spacial score (nSPS) is 14.5. The van der Waals surface area contributed by atoms with Crippen molar-refractivity contribution in [1.29, 1.82) is 0 Å². The Morgan fingerprint density at radius 2 is 1.80 bits per heavy atom. The van der Waals surface area contributed by atoms with Crippen LogP contribution in [0.1, 0.15) is 29.2 Å². The van der Waals surface area contributed by atoms with E-state index in [0.29, 0.717) is 29.7 Å². The predicted octanol–water partition coefficient (Wildman–Crippen LogP) is 5.30. The van der Waals surface area contributed by atoms with Crippen LogP contribution < -0.4 is 10.6 Å². The minimum Gasteiger partial charge on any atom is -0.346 e. The van der Waals surface area contributed by atoms with E-state index in [9.17, 15) is 22.4 Å². The number of carbonyl (C=O) groups is 1. The van der Waals surface area contributed by atoms with Crippen LogP contribution in [0, 0.1) is 17.7 Å². The number of halogens is 4. The third-order valence-corrected chi connectivity index (χ3v) is 6.84. The Balaban J connectivity index is 1.25. The quantitative estimate of drug-likeness (QED) is 0.226. The van der Waals surface area contributed by atoms with Gasteiger partial charge in [-0.1, -0.05) is 24.8 Å². The molecule has 12 heteroatoms. The van der Waals surface area contributed by atoms with Crippen LogP contribution >= 0.6 is 0 Å². The molecule has 2 amide bonds. The highest BCUT2D eigenvalue weighted by atomic mass is 19.4. The van der Waals surface area contributed by atoms with E-state index in [1.165, 1.54) is 30.6 Å². The van der Waals surface area contributed by atoms with Crippen molar-refractivity contribution in [3.63, 3.8) is 0 Å². The van der Waals surface area contributed by atoms with Crippen molar-refractivity contribution in [3.05, 3.63) is 83.1 Å². The van der Waals surface area contributed by atoms with Gasteiger partial charge in [-0.15, -0.1) is 0 Å². The maximum absolute atomic E-state index is 14.6. The number of nitrogens with zero attached hydrogens (tertiary/aromatic N) is 4. The summed E-state index contributed by atoms with van der Waals surface area (Å²) in [6, 6.07) is 7.63. The van der Waals surface area contributed by atoms with Crippen LogP contribution in [0.4, 0.5) is 33.9 Å². The standard InChI is InChI=1S/C29H27F4N7O/c1-2-39-11-13-40(14-12-39)18-21-5-6-22(16-24(21)29(31,32)33)37-28(41)38-25-15-19(7-9-34-25)3-4-20-17-36-27-23(26(20)30)8-10-35-27/h5-10,15-17H,2,11-14,18H2,1H3,(H,35,36)(H2,34,37,38,41). The number of carbonyl (C=O) groups excluding carboxylic acids is 1. The molecule has 1 aromatic carbocycles. The molecule has 3 aromatic heterocycles. The van der Waals surface area contributed by atoms with Gasteiger partial charge < -0.3 is 15.2 Å². The van der Waals surface area contributed by atoms with Gasteiger partial charge in [0.2, 0.25) is 0 Å². The fraction of sp³-hybridized carbons (Fsp3) is 0.276. The molecule has 1 saturated heterocycles. The minimum absolute atomic E-state index is 0.00607. The zero-order valence-corrected chi connectivity index (χ0v) is 22.1. The molecule has 0 atom stereocenters. The SMILES string of the molecule is CCN1CCN(Cc2ccc(NC(=O)Nc3cc(C#Cc4cnc5[nH]ccc5c4F)ccn3)cc2C(F)(F)F)CC1. The minimum atomic E-state index is -4.58. The summed E-state index contributed by atoms with van der Waals surface area (Å²) in [6.45, 7) is 6.17. The Morgan fingerprint density at radius 1 is 1.02 bits per heavy atom. The van der Waals surface area contributed by atoms with Gasteiger partial charge in [-0.05, 0) is 42.4 Å². The molecule has 3 N–H and O–H groups in total. The molecular weight excluding hydrogens is 538 g/mol. The highest BCUT2D eigenvalue weighted by Crippen LogP contribution is 2.34. The number of aromatic nitrogens is 3. The van der Waals surface area contributed by atoms with Crippen LogP contribution in [0.15, 0.2) is 55.0 Å². The first-order valence-electron chi connectivity index (χ1n) is 13.0. The molecule has 212 valence electrons. The molecule has 0 spiro atoms. The summed E-state index contributed by atoms with van der Waals surface area (Å²) in [4.78, 5) is 27.8. The van der Waals surface area contributed by atoms with E-state index in [1.54, 1.807) is 18.3 Å². The smallest absolute Gasteiger partial charge is 0.346 e. The third kappa shape index (κ3) is 6.82. The largest absolute Gasteiger partial charge is 0.416 e. The van der Waals surface area contributed by atoms with Crippen LogP contribution in [0.2, 0.25) is 0 Å². The topological polar surface area (TPSA) is 89.2 Å². The van der Waals surface area contributed by atoms with Crippen LogP contribution in [-0.2, 0) is 12.7 Å². The number of likely N-dealkylation sites (N-methyl/N-ethyl adjacent to an activating group) is 1. The Labute approximate surface area is 233 Å². The number of anilines is 2. The number of fused-ring (bicyclic) bond motifs is 1. The average molecular weight is 566 g/mol. The maximum atomic E-state index is 14.6. The van der Waals surface area contributed by atoms with Gasteiger partial charge in [0.05, 0.1) is 16.5 Å². The zero-order valence-electron chi connectivity index (χ0n) is 22.1. The number of alkyl halides is 3. The number of aromatic amines is 1. The van der Waals surface area contributed by atoms with E-state index in [4.69, 9.17) is 0 Å². The Morgan fingerprint density at radius 3 is 2.56 bits per heavy atom. The first-order chi connectivity index (χ1) is 19.7. The van der Waals surface area contributed by atoms with Crippen molar-refractivity contribution in [2.75, 3.05) is 43.4 Å². The number of pyridine rings is 2. The molecule has 0 aliphatic carbocycles. The Bertz CT molecular complexity index is 1610. The van der Waals surface area contributed by atoms with Gasteiger partial charge in [0, 0.05) is 62.6 Å². The summed E-state index contributed by atoms with van der Waals surface area (Å²) in [5.74, 6) is 5.15. The van der Waals surface area contributed by atoms with E-state index >= 15 is 0 Å². The van der Waals surface area contributed by atoms with Crippen LogP contribution in [-0.4, -0.2) is 63.5 Å². The summed E-state index contributed by atoms with van der Waals surface area (Å²) in [5.41, 5.74) is 0.317. The van der Waals surface area contributed by atoms with E-state index in [-0.39, 0.29) is 29.2 Å². The van der Waals surface area contributed by atoms with Crippen molar-refractivity contribution in [1.82, 2.24) is 24.8 Å². The lowest BCUT2D eigenvalue weighted by Gasteiger charge is -2.34. The number of hydrogen-bond acceptors (Lipinski definition) is 5. The second kappa shape index (κ2) is 12.0. The van der Waals surface area contributed by atoms with E-state index in [1.807, 2.05) is 4.90 Å². The summed E-state index contributed by atoms with van der Waals surface area (Å²) < 4.78 is 56.3. The molecule has 4 aromatic rings. The van der Waals surface area contributed by atoms with Crippen molar-refractivity contribution >= 4 is 28.6 Å². The number of nitrogens with one attached hydrogen (secondary N) is 3. The molecule has 1 fully saturated rings. The molecule has 5 rings (SSSR count). The first-order valence-corrected chi connectivity index (χ1v) is 13.0. The molecular formula is C29H27F4N7O. The number of rotatable bonds is 5. The fourth-order valence-electron chi connectivity index (χ4n) is 4.62. The van der Waals surface area contributed by atoms with Gasteiger partial charge in [0.15, 0.2) is 5.82 Å². The number of H-pyrrole nitrogens is 1. The first kappa shape index (κ1) is 28.1. The molecule has 41 heavy (non-hydrogen) atoms. The van der Waals surface area contributed by atoms with E-state index < -0.39 is 23.6 Å². The van der Waals surface area contributed by atoms with Gasteiger partial charge in [-0.25, -0.2) is 19.2 Å². The van der Waals surface area contributed by atoms with Crippen LogP contribution in [0.3, 0.4) is 0 Å². The molecule has 0 bridgehead atoms. The number of benzene rings is 1. The molecule has 4 heterocycles. The van der Waals surface area contributed by atoms with Crippen molar-refractivity contribution < 1.29 is 22.4 Å².